The van der Waals surface area contributed by atoms with Crippen LogP contribution in [0, 0.1) is 5.92 Å². The van der Waals surface area contributed by atoms with Crippen LogP contribution in [0.15, 0.2) is 0 Å². The molecule has 0 spiro atoms. The number of rotatable bonds is 4. The topological polar surface area (TPSA) is 63.3 Å². The molecule has 0 rings (SSSR count). The summed E-state index contributed by atoms with van der Waals surface area (Å²) in [5.41, 5.74) is 5.27. The second-order valence-corrected chi connectivity index (χ2v) is 2.27. The summed E-state index contributed by atoms with van der Waals surface area (Å²) < 4.78 is 0. The fourth-order valence-corrected chi connectivity index (χ4v) is 0.488. The summed E-state index contributed by atoms with van der Waals surface area (Å²) in [6.07, 6.45) is 0.921. The molecule has 0 aromatic carbocycles. The van der Waals surface area contributed by atoms with Gasteiger partial charge in [0.15, 0.2) is 0 Å². The van der Waals surface area contributed by atoms with Crippen molar-refractivity contribution in [1.29, 1.82) is 0 Å². The number of carbonyl (C=O) groups is 1. The molecule has 0 aliphatic rings. The second-order valence-electron chi connectivity index (χ2n) is 2.27. The Morgan fingerprint density at radius 1 is 1.78 bits per heavy atom. The zero-order valence-electron chi connectivity index (χ0n) is 5.63. The molecule has 0 heterocycles. The van der Waals surface area contributed by atoms with Crippen molar-refractivity contribution < 1.29 is 9.90 Å². The maximum absolute atomic E-state index is 9.98. The first-order valence-corrected chi connectivity index (χ1v) is 3.08. The van der Waals surface area contributed by atoms with E-state index in [0.717, 1.165) is 0 Å². The van der Waals surface area contributed by atoms with E-state index in [1.807, 2.05) is 6.92 Å². The SMILES string of the molecule is C[C@H](CN)CCC(=O)O. The van der Waals surface area contributed by atoms with Crippen LogP contribution in [0.2, 0.25) is 0 Å². The average Bonchev–Trinajstić information content (AvgIpc) is 1.83. The van der Waals surface area contributed by atoms with Gasteiger partial charge in [-0.2, -0.15) is 0 Å². The lowest BCUT2D eigenvalue weighted by molar-refractivity contribution is -0.137. The molecular formula is C6H13NO2. The van der Waals surface area contributed by atoms with Gasteiger partial charge in [-0.15, -0.1) is 0 Å². The number of hydrogen-bond acceptors (Lipinski definition) is 2. The van der Waals surface area contributed by atoms with Crippen molar-refractivity contribution in [2.24, 2.45) is 11.7 Å². The van der Waals surface area contributed by atoms with Crippen molar-refractivity contribution in [3.05, 3.63) is 0 Å². The van der Waals surface area contributed by atoms with E-state index >= 15 is 0 Å². The first-order valence-electron chi connectivity index (χ1n) is 3.08. The van der Waals surface area contributed by atoms with Crippen molar-refractivity contribution in [2.75, 3.05) is 6.54 Å². The van der Waals surface area contributed by atoms with Gasteiger partial charge in [-0.25, -0.2) is 0 Å². The quantitative estimate of drug-likeness (QED) is 0.582. The van der Waals surface area contributed by atoms with Crippen LogP contribution in [0.1, 0.15) is 19.8 Å². The predicted molar refractivity (Wildman–Crippen MR) is 35.1 cm³/mol. The third kappa shape index (κ3) is 5.30. The van der Waals surface area contributed by atoms with E-state index in [2.05, 4.69) is 0 Å². The third-order valence-corrected chi connectivity index (χ3v) is 1.25. The number of carboxylic acid groups (broad SMARTS) is 1. The Kier molecular flexibility index (Phi) is 4.05. The van der Waals surface area contributed by atoms with Crippen LogP contribution in [0.4, 0.5) is 0 Å². The van der Waals surface area contributed by atoms with Gasteiger partial charge < -0.3 is 10.8 Å². The Bertz CT molecular complexity index is 93.1. The zero-order valence-corrected chi connectivity index (χ0v) is 5.63. The van der Waals surface area contributed by atoms with Crippen molar-refractivity contribution in [2.45, 2.75) is 19.8 Å². The summed E-state index contributed by atoms with van der Waals surface area (Å²) >= 11 is 0. The molecular weight excluding hydrogens is 118 g/mol. The van der Waals surface area contributed by atoms with Crippen LogP contribution in [0.5, 0.6) is 0 Å². The number of nitrogens with two attached hydrogens (primary N) is 1. The summed E-state index contributed by atoms with van der Waals surface area (Å²) in [4.78, 5) is 9.98. The lowest BCUT2D eigenvalue weighted by Gasteiger charge is -2.03. The number of aliphatic carboxylic acids is 1. The van der Waals surface area contributed by atoms with Crippen LogP contribution >= 0.6 is 0 Å². The molecule has 1 atom stereocenters. The summed E-state index contributed by atoms with van der Waals surface area (Å²) in [5.74, 6) is -0.406. The smallest absolute Gasteiger partial charge is 0.303 e. The van der Waals surface area contributed by atoms with Crippen molar-refractivity contribution in [3.8, 4) is 0 Å². The van der Waals surface area contributed by atoms with E-state index in [0.29, 0.717) is 18.9 Å². The fourth-order valence-electron chi connectivity index (χ4n) is 0.488. The highest BCUT2D eigenvalue weighted by molar-refractivity contribution is 5.66. The van der Waals surface area contributed by atoms with Gasteiger partial charge in [0.25, 0.3) is 0 Å². The first kappa shape index (κ1) is 8.43. The van der Waals surface area contributed by atoms with E-state index < -0.39 is 5.97 Å². The van der Waals surface area contributed by atoms with Gasteiger partial charge in [0.1, 0.15) is 0 Å². The molecule has 3 nitrogen and oxygen atoms in total. The minimum atomic E-state index is -0.740. The molecule has 3 N–H and O–H groups in total. The van der Waals surface area contributed by atoms with E-state index in [9.17, 15) is 4.79 Å². The average molecular weight is 131 g/mol. The molecule has 0 saturated carbocycles. The third-order valence-electron chi connectivity index (χ3n) is 1.25. The normalized spacial score (nSPS) is 13.1. The monoisotopic (exact) mass is 131 g/mol. The molecule has 9 heavy (non-hydrogen) atoms. The molecule has 3 heteroatoms. The molecule has 54 valence electrons. The Hall–Kier alpha value is -0.570. The molecule has 0 aliphatic carbocycles. The zero-order chi connectivity index (χ0) is 7.28. The minimum absolute atomic E-state index is 0.234. The van der Waals surface area contributed by atoms with Crippen molar-refractivity contribution in [1.82, 2.24) is 0 Å². The highest BCUT2D eigenvalue weighted by Crippen LogP contribution is 2.01. The number of carboxylic acids is 1. The minimum Gasteiger partial charge on any atom is -0.481 e. The van der Waals surface area contributed by atoms with Crippen molar-refractivity contribution in [3.63, 3.8) is 0 Å². The lowest BCUT2D eigenvalue weighted by Crippen LogP contribution is -2.11. The molecule has 0 saturated heterocycles. The molecule has 0 radical (unpaired) electrons. The molecule has 0 aliphatic heterocycles. The van der Waals surface area contributed by atoms with Crippen LogP contribution in [0.25, 0.3) is 0 Å². The number of hydrogen-bond donors (Lipinski definition) is 2. The van der Waals surface area contributed by atoms with E-state index in [1.54, 1.807) is 0 Å². The predicted octanol–water partition coefficient (Wildman–Crippen LogP) is 0.446. The second kappa shape index (κ2) is 4.32. The van der Waals surface area contributed by atoms with Crippen molar-refractivity contribution >= 4 is 5.97 Å². The largest absolute Gasteiger partial charge is 0.481 e. The first-order chi connectivity index (χ1) is 4.16. The maximum atomic E-state index is 9.98. The molecule has 0 aromatic heterocycles. The van der Waals surface area contributed by atoms with E-state index in [4.69, 9.17) is 10.8 Å². The molecule has 0 unspecified atom stereocenters. The summed E-state index contributed by atoms with van der Waals surface area (Å²) in [5, 5.41) is 8.22. The van der Waals surface area contributed by atoms with Crippen LogP contribution in [-0.2, 0) is 4.79 Å². The fraction of sp³-hybridized carbons (Fsp3) is 0.833. The maximum Gasteiger partial charge on any atom is 0.303 e. The van der Waals surface area contributed by atoms with Gasteiger partial charge in [-0.05, 0) is 18.9 Å². The van der Waals surface area contributed by atoms with Gasteiger partial charge in [0.05, 0.1) is 0 Å². The Morgan fingerprint density at radius 3 is 2.67 bits per heavy atom. The lowest BCUT2D eigenvalue weighted by atomic mass is 10.1. The summed E-state index contributed by atoms with van der Waals surface area (Å²) in [6.45, 7) is 2.52. The standard InChI is InChI=1S/C6H13NO2/c1-5(4-7)2-3-6(8)9/h5H,2-4,7H2,1H3,(H,8,9)/t5-/m0/s1. The summed E-state index contributed by atoms with van der Waals surface area (Å²) in [6, 6.07) is 0. The molecule has 0 aromatic rings. The molecule has 0 bridgehead atoms. The summed E-state index contributed by atoms with van der Waals surface area (Å²) in [7, 11) is 0. The van der Waals surface area contributed by atoms with E-state index in [-0.39, 0.29) is 6.42 Å². The Morgan fingerprint density at radius 2 is 2.33 bits per heavy atom. The van der Waals surface area contributed by atoms with Gasteiger partial charge in [0, 0.05) is 6.42 Å². The van der Waals surface area contributed by atoms with Gasteiger partial charge in [-0.3, -0.25) is 4.79 Å². The molecule has 0 fully saturated rings. The van der Waals surface area contributed by atoms with Gasteiger partial charge in [-0.1, -0.05) is 6.92 Å². The van der Waals surface area contributed by atoms with Gasteiger partial charge >= 0.3 is 5.97 Å². The van der Waals surface area contributed by atoms with E-state index in [1.165, 1.54) is 0 Å². The van der Waals surface area contributed by atoms with Gasteiger partial charge in [0.2, 0.25) is 0 Å². The Labute approximate surface area is 54.9 Å². The highest BCUT2D eigenvalue weighted by atomic mass is 16.4. The highest BCUT2D eigenvalue weighted by Gasteiger charge is 2.01. The Balaban J connectivity index is 3.16. The van der Waals surface area contributed by atoms with Crippen LogP contribution < -0.4 is 5.73 Å². The van der Waals surface area contributed by atoms with Crippen LogP contribution in [-0.4, -0.2) is 17.6 Å². The van der Waals surface area contributed by atoms with Crippen LogP contribution in [0.3, 0.4) is 0 Å². The molecule has 0 amide bonds.